The highest BCUT2D eigenvalue weighted by molar-refractivity contribution is 8.18. The molecule has 0 saturated carbocycles. The van der Waals surface area contributed by atoms with Gasteiger partial charge in [0.1, 0.15) is 5.84 Å². The summed E-state index contributed by atoms with van der Waals surface area (Å²) in [4.78, 5) is 18.6. The third-order valence-corrected chi connectivity index (χ3v) is 7.12. The number of fused-ring (bicyclic) bond motifs is 1. The highest BCUT2D eigenvalue weighted by Gasteiger charge is 2.37. The minimum atomic E-state index is -0.411. The van der Waals surface area contributed by atoms with Crippen LogP contribution in [0.4, 0.5) is 0 Å². The number of benzene rings is 2. The first-order valence-electron chi connectivity index (χ1n) is 10.4. The zero-order chi connectivity index (χ0) is 22.8. The molecule has 0 fully saturated rings. The summed E-state index contributed by atoms with van der Waals surface area (Å²) in [6.07, 6.45) is 3.73. The first-order valence-corrected chi connectivity index (χ1v) is 12.2. The fraction of sp³-hybridized carbons (Fsp3) is 0.120. The van der Waals surface area contributed by atoms with Gasteiger partial charge in [-0.3, -0.25) is 10.2 Å². The lowest BCUT2D eigenvalue weighted by Gasteiger charge is -2.24. The molecule has 0 aliphatic carbocycles. The first kappa shape index (κ1) is 21.5. The van der Waals surface area contributed by atoms with Crippen LogP contribution in [0.15, 0.2) is 87.9 Å². The summed E-state index contributed by atoms with van der Waals surface area (Å²) in [7, 11) is 0. The Labute approximate surface area is 200 Å². The van der Waals surface area contributed by atoms with Crippen LogP contribution in [0.5, 0.6) is 0 Å². The van der Waals surface area contributed by atoms with E-state index in [2.05, 4.69) is 51.2 Å². The Balaban J connectivity index is 1.38. The standard InChI is InChI=1S/C25H21N5OS2/c1-17-7-5-10-19(13-17)15-29-12-6-11-20(29)14-21-22(26)30-24(27-23(21)31)33-28-25(30)32-16-18-8-3-2-4-9-18/h2-14,26H,15-16H2,1H3/b21-14-,26-22?. The quantitative estimate of drug-likeness (QED) is 0.402. The number of carbonyl (C=O) groups excluding carboxylic acids is 1. The normalized spacial score (nSPS) is 16.8. The second-order valence-corrected chi connectivity index (χ2v) is 9.40. The molecule has 0 unspecified atom stereocenters. The van der Waals surface area contributed by atoms with Crippen molar-refractivity contribution < 1.29 is 4.79 Å². The van der Waals surface area contributed by atoms with Crippen LogP contribution in [0.1, 0.15) is 22.4 Å². The van der Waals surface area contributed by atoms with Gasteiger partial charge in [-0.2, -0.15) is 9.39 Å². The molecule has 1 amide bonds. The van der Waals surface area contributed by atoms with Crippen LogP contribution in [0, 0.1) is 12.3 Å². The van der Waals surface area contributed by atoms with Crippen molar-refractivity contribution in [3.63, 3.8) is 0 Å². The number of amidine groups is 3. The molecular weight excluding hydrogens is 450 g/mol. The molecule has 8 heteroatoms. The molecule has 3 aromatic rings. The number of nitrogens with one attached hydrogen (secondary N) is 1. The molecular formula is C25H21N5OS2. The van der Waals surface area contributed by atoms with Gasteiger partial charge in [0, 0.05) is 24.2 Å². The zero-order valence-corrected chi connectivity index (χ0v) is 19.6. The Morgan fingerprint density at radius 3 is 2.70 bits per heavy atom. The molecule has 0 saturated heterocycles. The van der Waals surface area contributed by atoms with Crippen LogP contribution in [-0.2, 0) is 17.1 Å². The number of amides is 1. The summed E-state index contributed by atoms with van der Waals surface area (Å²) in [6.45, 7) is 2.76. The van der Waals surface area contributed by atoms with Crippen molar-refractivity contribution in [3.8, 4) is 0 Å². The third kappa shape index (κ3) is 4.58. The van der Waals surface area contributed by atoms with Gasteiger partial charge in [-0.15, -0.1) is 0 Å². The highest BCUT2D eigenvalue weighted by Crippen LogP contribution is 2.33. The number of aromatic nitrogens is 1. The van der Waals surface area contributed by atoms with E-state index in [0.29, 0.717) is 16.9 Å². The maximum absolute atomic E-state index is 12.8. The van der Waals surface area contributed by atoms with Gasteiger partial charge in [0.15, 0.2) is 5.17 Å². The van der Waals surface area contributed by atoms with Crippen LogP contribution in [0.25, 0.3) is 6.08 Å². The van der Waals surface area contributed by atoms with Gasteiger partial charge < -0.3 is 4.57 Å². The van der Waals surface area contributed by atoms with Crippen molar-refractivity contribution in [1.82, 2.24) is 9.47 Å². The molecule has 2 aromatic carbocycles. The van der Waals surface area contributed by atoms with E-state index in [4.69, 9.17) is 5.41 Å². The molecule has 0 bridgehead atoms. The Kier molecular flexibility index (Phi) is 6.02. The maximum Gasteiger partial charge on any atom is 0.283 e. The molecule has 0 atom stereocenters. The molecule has 5 rings (SSSR count). The molecule has 164 valence electrons. The molecule has 2 aliphatic heterocycles. The van der Waals surface area contributed by atoms with E-state index in [0.717, 1.165) is 23.4 Å². The molecule has 3 heterocycles. The van der Waals surface area contributed by atoms with Crippen molar-refractivity contribution in [3.05, 3.63) is 101 Å². The van der Waals surface area contributed by atoms with Gasteiger partial charge >= 0.3 is 0 Å². The monoisotopic (exact) mass is 471 g/mol. The third-order valence-electron chi connectivity index (χ3n) is 5.30. The number of aryl methyl sites for hydroxylation is 1. The zero-order valence-electron chi connectivity index (χ0n) is 17.9. The number of hydrogen-bond donors (Lipinski definition) is 1. The lowest BCUT2D eigenvalue weighted by Crippen LogP contribution is -2.41. The molecule has 1 N–H and O–H groups in total. The lowest BCUT2D eigenvalue weighted by atomic mass is 10.1. The van der Waals surface area contributed by atoms with Crippen LogP contribution < -0.4 is 0 Å². The molecule has 2 aliphatic rings. The number of nitrogens with zero attached hydrogens (tertiary/aromatic N) is 4. The van der Waals surface area contributed by atoms with Gasteiger partial charge in [0.05, 0.1) is 17.5 Å². The van der Waals surface area contributed by atoms with Gasteiger partial charge in [-0.25, -0.2) is 4.90 Å². The fourth-order valence-electron chi connectivity index (χ4n) is 3.67. The number of hydrogen-bond acceptors (Lipinski definition) is 5. The second-order valence-electron chi connectivity index (χ2n) is 7.73. The van der Waals surface area contributed by atoms with E-state index in [1.54, 1.807) is 11.0 Å². The molecule has 0 radical (unpaired) electrons. The summed E-state index contributed by atoms with van der Waals surface area (Å²) in [5.41, 5.74) is 4.67. The Morgan fingerprint density at radius 1 is 1.06 bits per heavy atom. The predicted octanol–water partition coefficient (Wildman–Crippen LogP) is 5.35. The van der Waals surface area contributed by atoms with Crippen LogP contribution in [0.3, 0.4) is 0 Å². The minimum absolute atomic E-state index is 0.109. The Hall–Kier alpha value is -3.36. The number of carbonyl (C=O) groups is 1. The van der Waals surface area contributed by atoms with E-state index in [-0.39, 0.29) is 11.4 Å². The predicted molar refractivity (Wildman–Crippen MR) is 137 cm³/mol. The molecule has 1 aromatic heterocycles. The number of aliphatic imine (C=N–C) groups is 1. The van der Waals surface area contributed by atoms with Gasteiger partial charge in [-0.05, 0) is 36.3 Å². The van der Waals surface area contributed by atoms with Gasteiger partial charge in [0.25, 0.3) is 5.91 Å². The maximum atomic E-state index is 12.8. The molecule has 33 heavy (non-hydrogen) atoms. The average Bonchev–Trinajstić information content (AvgIpc) is 3.42. The molecule has 0 spiro atoms. The van der Waals surface area contributed by atoms with E-state index in [1.807, 2.05) is 42.6 Å². The Bertz CT molecular complexity index is 1320. The largest absolute Gasteiger partial charge is 0.344 e. The second kappa shape index (κ2) is 9.25. The lowest BCUT2D eigenvalue weighted by molar-refractivity contribution is -0.114. The average molecular weight is 472 g/mol. The van der Waals surface area contributed by atoms with E-state index in [9.17, 15) is 4.79 Å². The summed E-state index contributed by atoms with van der Waals surface area (Å²) in [5, 5.41) is 9.88. The van der Waals surface area contributed by atoms with Crippen molar-refractivity contribution in [2.75, 3.05) is 0 Å². The van der Waals surface area contributed by atoms with Crippen molar-refractivity contribution in [1.29, 1.82) is 5.41 Å². The fourth-order valence-corrected chi connectivity index (χ4v) is 5.47. The minimum Gasteiger partial charge on any atom is -0.344 e. The first-order chi connectivity index (χ1) is 16.1. The van der Waals surface area contributed by atoms with E-state index < -0.39 is 5.91 Å². The summed E-state index contributed by atoms with van der Waals surface area (Å²) < 4.78 is 6.53. The topological polar surface area (TPSA) is 73.8 Å². The van der Waals surface area contributed by atoms with Gasteiger partial charge in [0.2, 0.25) is 5.17 Å². The molecule has 6 nitrogen and oxygen atoms in total. The van der Waals surface area contributed by atoms with E-state index in [1.165, 1.54) is 28.5 Å². The Morgan fingerprint density at radius 2 is 1.88 bits per heavy atom. The summed E-state index contributed by atoms with van der Waals surface area (Å²) in [5.74, 6) is 0.424. The summed E-state index contributed by atoms with van der Waals surface area (Å²) >= 11 is 2.68. The van der Waals surface area contributed by atoms with Crippen LogP contribution in [0.2, 0.25) is 0 Å². The smallest absolute Gasteiger partial charge is 0.283 e. The number of rotatable bonds is 5. The SMILES string of the molecule is Cc1cccc(Cn2cccc2/C=C2/C(=N)N3C(SCc4ccccc4)=NSC3=NC2=O)c1. The highest BCUT2D eigenvalue weighted by atomic mass is 32.2. The summed E-state index contributed by atoms with van der Waals surface area (Å²) in [6, 6.07) is 22.3. The van der Waals surface area contributed by atoms with Crippen molar-refractivity contribution in [2.45, 2.75) is 19.2 Å². The van der Waals surface area contributed by atoms with Gasteiger partial charge in [-0.1, -0.05) is 71.9 Å². The van der Waals surface area contributed by atoms with Crippen LogP contribution in [-0.4, -0.2) is 31.5 Å². The van der Waals surface area contributed by atoms with E-state index >= 15 is 0 Å². The number of thioether (sulfide) groups is 1. The van der Waals surface area contributed by atoms with Crippen molar-refractivity contribution >= 4 is 51.9 Å². The van der Waals surface area contributed by atoms with Crippen LogP contribution >= 0.6 is 23.7 Å². The van der Waals surface area contributed by atoms with Crippen molar-refractivity contribution in [2.24, 2.45) is 9.39 Å².